The van der Waals surface area contributed by atoms with E-state index < -0.39 is 0 Å². The van der Waals surface area contributed by atoms with E-state index in [4.69, 9.17) is 9.47 Å². The molecule has 4 nitrogen and oxygen atoms in total. The first-order valence-corrected chi connectivity index (χ1v) is 9.34. The fourth-order valence-corrected chi connectivity index (χ4v) is 3.20. The Hall–Kier alpha value is -2.49. The first-order chi connectivity index (χ1) is 12.6. The molecule has 1 heterocycles. The van der Waals surface area contributed by atoms with Gasteiger partial charge in [-0.15, -0.1) is 0 Å². The summed E-state index contributed by atoms with van der Waals surface area (Å²) in [7, 11) is 0. The number of carbonyl (C=O) groups is 1. The largest absolute Gasteiger partial charge is 0.486 e. The molecule has 0 aliphatic carbocycles. The predicted molar refractivity (Wildman–Crippen MR) is 103 cm³/mol. The maximum atomic E-state index is 12.5. The van der Waals surface area contributed by atoms with Crippen LogP contribution < -0.4 is 14.8 Å². The average Bonchev–Trinajstić information content (AvgIpc) is 2.66. The molecular weight excluding hydrogens is 326 g/mol. The first kappa shape index (κ1) is 18.3. The van der Waals surface area contributed by atoms with Gasteiger partial charge < -0.3 is 14.8 Å². The second-order valence-electron chi connectivity index (χ2n) is 7.14. The lowest BCUT2D eigenvalue weighted by atomic mass is 9.96. The lowest BCUT2D eigenvalue weighted by Gasteiger charge is -2.21. The Morgan fingerprint density at radius 2 is 1.77 bits per heavy atom. The molecule has 2 aromatic rings. The molecule has 138 valence electrons. The minimum atomic E-state index is 0.0592. The molecule has 0 aromatic heterocycles. The van der Waals surface area contributed by atoms with Gasteiger partial charge in [0.25, 0.3) is 0 Å². The van der Waals surface area contributed by atoms with Gasteiger partial charge in [-0.1, -0.05) is 50.2 Å². The second-order valence-corrected chi connectivity index (χ2v) is 7.14. The van der Waals surface area contributed by atoms with Crippen molar-refractivity contribution in [2.75, 3.05) is 13.2 Å². The Morgan fingerprint density at radius 1 is 1.04 bits per heavy atom. The number of amides is 1. The molecule has 3 rings (SSSR count). The van der Waals surface area contributed by atoms with E-state index in [1.807, 2.05) is 36.4 Å². The SMILES string of the molecule is CC(C)C[C@H](NC(=O)CCc1ccc2c(c1)OCCO2)c1ccccc1. The number of benzene rings is 2. The number of hydrogen-bond acceptors (Lipinski definition) is 3. The highest BCUT2D eigenvalue weighted by Gasteiger charge is 2.17. The smallest absolute Gasteiger partial charge is 0.220 e. The molecule has 1 aliphatic rings. The van der Waals surface area contributed by atoms with Gasteiger partial charge in [-0.3, -0.25) is 4.79 Å². The van der Waals surface area contributed by atoms with Crippen molar-refractivity contribution in [2.45, 2.75) is 39.2 Å². The Bertz CT molecular complexity index is 727. The highest BCUT2D eigenvalue weighted by atomic mass is 16.6. The van der Waals surface area contributed by atoms with Gasteiger partial charge in [-0.25, -0.2) is 0 Å². The van der Waals surface area contributed by atoms with E-state index in [9.17, 15) is 4.79 Å². The molecule has 0 spiro atoms. The van der Waals surface area contributed by atoms with E-state index >= 15 is 0 Å². The van der Waals surface area contributed by atoms with Crippen LogP contribution in [0.4, 0.5) is 0 Å². The van der Waals surface area contributed by atoms with Gasteiger partial charge in [0.05, 0.1) is 6.04 Å². The van der Waals surface area contributed by atoms with E-state index in [1.54, 1.807) is 0 Å². The molecule has 1 N–H and O–H groups in total. The van der Waals surface area contributed by atoms with E-state index in [1.165, 1.54) is 0 Å². The van der Waals surface area contributed by atoms with Crippen LogP contribution in [0.25, 0.3) is 0 Å². The van der Waals surface area contributed by atoms with Crippen LogP contribution in [0.1, 0.15) is 43.9 Å². The third-order valence-corrected chi connectivity index (χ3v) is 4.49. The molecule has 0 unspecified atom stereocenters. The molecular formula is C22H27NO3. The van der Waals surface area contributed by atoms with Crippen molar-refractivity contribution in [1.82, 2.24) is 5.32 Å². The van der Waals surface area contributed by atoms with Crippen LogP contribution in [-0.2, 0) is 11.2 Å². The minimum absolute atomic E-state index is 0.0592. The minimum Gasteiger partial charge on any atom is -0.486 e. The summed E-state index contributed by atoms with van der Waals surface area (Å²) in [6.45, 7) is 5.52. The Labute approximate surface area is 155 Å². The number of ether oxygens (including phenoxy) is 2. The Balaban J connectivity index is 1.58. The van der Waals surface area contributed by atoms with Crippen molar-refractivity contribution >= 4 is 5.91 Å². The molecule has 0 bridgehead atoms. The predicted octanol–water partition coefficient (Wildman–Crippen LogP) is 4.29. The molecule has 1 aliphatic heterocycles. The van der Waals surface area contributed by atoms with E-state index in [-0.39, 0.29) is 11.9 Å². The number of carbonyl (C=O) groups excluding carboxylic acids is 1. The van der Waals surface area contributed by atoms with Gasteiger partial charge >= 0.3 is 0 Å². The van der Waals surface area contributed by atoms with E-state index in [0.717, 1.165) is 29.0 Å². The summed E-state index contributed by atoms with van der Waals surface area (Å²) in [5.41, 5.74) is 2.25. The molecule has 1 amide bonds. The third kappa shape index (κ3) is 5.01. The zero-order chi connectivity index (χ0) is 18.4. The lowest BCUT2D eigenvalue weighted by molar-refractivity contribution is -0.121. The van der Waals surface area contributed by atoms with Gasteiger partial charge in [-0.2, -0.15) is 0 Å². The van der Waals surface area contributed by atoms with Crippen LogP contribution in [-0.4, -0.2) is 19.1 Å². The van der Waals surface area contributed by atoms with Crippen LogP contribution in [0.2, 0.25) is 0 Å². The summed E-state index contributed by atoms with van der Waals surface area (Å²) in [4.78, 5) is 12.5. The van der Waals surface area contributed by atoms with Crippen molar-refractivity contribution in [3.8, 4) is 11.5 Å². The Morgan fingerprint density at radius 3 is 2.50 bits per heavy atom. The summed E-state index contributed by atoms with van der Waals surface area (Å²) in [5.74, 6) is 2.15. The van der Waals surface area contributed by atoms with Crippen molar-refractivity contribution in [3.63, 3.8) is 0 Å². The molecule has 0 saturated carbocycles. The molecule has 2 aromatic carbocycles. The van der Waals surface area contributed by atoms with Crippen LogP contribution >= 0.6 is 0 Å². The fraction of sp³-hybridized carbons (Fsp3) is 0.409. The van der Waals surface area contributed by atoms with E-state index in [2.05, 4.69) is 31.3 Å². The summed E-state index contributed by atoms with van der Waals surface area (Å²) in [5, 5.41) is 3.20. The third-order valence-electron chi connectivity index (χ3n) is 4.49. The van der Waals surface area contributed by atoms with Crippen molar-refractivity contribution in [2.24, 2.45) is 5.92 Å². The summed E-state index contributed by atoms with van der Waals surface area (Å²) >= 11 is 0. The number of aryl methyl sites for hydroxylation is 1. The Kier molecular flexibility index (Phi) is 6.16. The molecule has 4 heteroatoms. The average molecular weight is 353 g/mol. The molecule has 0 saturated heterocycles. The zero-order valence-electron chi connectivity index (χ0n) is 15.5. The number of hydrogen-bond donors (Lipinski definition) is 1. The molecule has 1 atom stereocenters. The maximum Gasteiger partial charge on any atom is 0.220 e. The monoisotopic (exact) mass is 353 g/mol. The first-order valence-electron chi connectivity index (χ1n) is 9.34. The van der Waals surface area contributed by atoms with E-state index in [0.29, 0.717) is 32.0 Å². The highest BCUT2D eigenvalue weighted by molar-refractivity contribution is 5.76. The molecule has 0 radical (unpaired) electrons. The summed E-state index contributed by atoms with van der Waals surface area (Å²) in [6, 6.07) is 16.2. The normalized spacial score (nSPS) is 14.1. The quantitative estimate of drug-likeness (QED) is 0.807. The number of nitrogens with one attached hydrogen (secondary N) is 1. The maximum absolute atomic E-state index is 12.5. The van der Waals surface area contributed by atoms with Crippen LogP contribution in [0, 0.1) is 5.92 Å². The topological polar surface area (TPSA) is 47.6 Å². The van der Waals surface area contributed by atoms with Crippen LogP contribution in [0.3, 0.4) is 0 Å². The number of rotatable bonds is 7. The number of fused-ring (bicyclic) bond motifs is 1. The summed E-state index contributed by atoms with van der Waals surface area (Å²) < 4.78 is 11.1. The zero-order valence-corrected chi connectivity index (χ0v) is 15.5. The van der Waals surface area contributed by atoms with Crippen molar-refractivity contribution in [3.05, 3.63) is 59.7 Å². The lowest BCUT2D eigenvalue weighted by Crippen LogP contribution is -2.29. The summed E-state index contributed by atoms with van der Waals surface area (Å²) in [6.07, 6.45) is 2.08. The van der Waals surface area contributed by atoms with Crippen molar-refractivity contribution < 1.29 is 14.3 Å². The van der Waals surface area contributed by atoms with Gasteiger partial charge in [0.15, 0.2) is 11.5 Å². The van der Waals surface area contributed by atoms with Gasteiger partial charge in [0.1, 0.15) is 13.2 Å². The highest BCUT2D eigenvalue weighted by Crippen LogP contribution is 2.31. The second kappa shape index (κ2) is 8.75. The van der Waals surface area contributed by atoms with Gasteiger partial charge in [0.2, 0.25) is 5.91 Å². The fourth-order valence-electron chi connectivity index (χ4n) is 3.20. The van der Waals surface area contributed by atoms with Gasteiger partial charge in [-0.05, 0) is 42.0 Å². The van der Waals surface area contributed by atoms with Crippen LogP contribution in [0.15, 0.2) is 48.5 Å². The van der Waals surface area contributed by atoms with Crippen LogP contribution in [0.5, 0.6) is 11.5 Å². The standard InChI is InChI=1S/C22H27NO3/c1-16(2)14-19(18-6-4-3-5-7-18)23-22(24)11-9-17-8-10-20-21(15-17)26-13-12-25-20/h3-8,10,15-16,19H,9,11-14H2,1-2H3,(H,23,24)/t19-/m0/s1. The molecule has 0 fully saturated rings. The molecule has 26 heavy (non-hydrogen) atoms. The van der Waals surface area contributed by atoms with Crippen molar-refractivity contribution in [1.29, 1.82) is 0 Å². The van der Waals surface area contributed by atoms with Gasteiger partial charge in [0, 0.05) is 6.42 Å².